The Kier molecular flexibility index (Phi) is 4.33. The van der Waals surface area contributed by atoms with Gasteiger partial charge in [-0.05, 0) is 24.7 Å². The van der Waals surface area contributed by atoms with Gasteiger partial charge >= 0.3 is 0 Å². The lowest BCUT2D eigenvalue weighted by Gasteiger charge is -2.24. The molecule has 0 aromatic carbocycles. The van der Waals surface area contributed by atoms with Crippen molar-refractivity contribution >= 4 is 0 Å². The van der Waals surface area contributed by atoms with Crippen LogP contribution < -0.4 is 5.73 Å². The quantitative estimate of drug-likeness (QED) is 0.512. The lowest BCUT2D eigenvalue weighted by Crippen LogP contribution is -2.21. The molecule has 0 saturated carbocycles. The number of allylic oxidation sites excluding steroid dienone is 2. The maximum atomic E-state index is 5.43. The Labute approximate surface area is 74.8 Å². The first-order chi connectivity index (χ1) is 5.84. The average Bonchev–Trinajstić information content (AvgIpc) is 2.09. The summed E-state index contributed by atoms with van der Waals surface area (Å²) in [5, 5.41) is 0. The van der Waals surface area contributed by atoms with Gasteiger partial charge in [0.25, 0.3) is 0 Å². The van der Waals surface area contributed by atoms with E-state index in [0.717, 1.165) is 12.5 Å². The second-order valence-electron chi connectivity index (χ2n) is 3.54. The summed E-state index contributed by atoms with van der Waals surface area (Å²) in [7, 11) is 0. The summed E-state index contributed by atoms with van der Waals surface area (Å²) >= 11 is 0. The third-order valence-electron chi connectivity index (χ3n) is 2.51. The monoisotopic (exact) mass is 169 g/mol. The lowest BCUT2D eigenvalue weighted by molar-refractivity contribution is 0.0844. The van der Waals surface area contributed by atoms with Crippen molar-refractivity contribution in [1.82, 2.24) is 0 Å². The second kappa shape index (κ2) is 5.33. The first kappa shape index (κ1) is 9.75. The minimum Gasteiger partial charge on any atom is -0.380 e. The van der Waals surface area contributed by atoms with Crippen LogP contribution >= 0.6 is 0 Å². The Morgan fingerprint density at radius 1 is 1.42 bits per heavy atom. The van der Waals surface area contributed by atoms with Crippen molar-refractivity contribution in [2.45, 2.75) is 19.8 Å². The molecule has 0 heterocycles. The molecule has 0 radical (unpaired) electrons. The zero-order valence-corrected chi connectivity index (χ0v) is 7.83. The van der Waals surface area contributed by atoms with Crippen LogP contribution in [0.5, 0.6) is 0 Å². The van der Waals surface area contributed by atoms with Gasteiger partial charge in [-0.15, -0.1) is 0 Å². The van der Waals surface area contributed by atoms with E-state index in [1.807, 2.05) is 0 Å². The topological polar surface area (TPSA) is 35.2 Å². The predicted molar refractivity (Wildman–Crippen MR) is 50.9 cm³/mol. The third kappa shape index (κ3) is 2.95. The van der Waals surface area contributed by atoms with Crippen molar-refractivity contribution in [3.05, 3.63) is 12.2 Å². The normalized spacial score (nSPS) is 29.2. The van der Waals surface area contributed by atoms with Crippen LogP contribution in [0.2, 0.25) is 0 Å². The smallest absolute Gasteiger partial charge is 0.0588 e. The fraction of sp³-hybridized carbons (Fsp3) is 0.800. The summed E-state index contributed by atoms with van der Waals surface area (Å²) in [6.07, 6.45) is 6.91. The Balaban J connectivity index is 2.17. The Hall–Kier alpha value is -0.340. The number of ether oxygens (including phenoxy) is 1. The predicted octanol–water partition coefficient (Wildman–Crippen LogP) is 1.56. The van der Waals surface area contributed by atoms with Crippen LogP contribution in [0.1, 0.15) is 19.8 Å². The van der Waals surface area contributed by atoms with Crippen LogP contribution in [0.15, 0.2) is 12.2 Å². The number of nitrogens with two attached hydrogens (primary N) is 1. The first-order valence-electron chi connectivity index (χ1n) is 4.77. The largest absolute Gasteiger partial charge is 0.380 e. The Morgan fingerprint density at radius 3 is 2.83 bits per heavy atom. The van der Waals surface area contributed by atoms with Crippen molar-refractivity contribution in [1.29, 1.82) is 0 Å². The first-order valence-corrected chi connectivity index (χ1v) is 4.77. The molecule has 1 aliphatic rings. The fourth-order valence-corrected chi connectivity index (χ4v) is 1.56. The summed E-state index contributed by atoms with van der Waals surface area (Å²) in [4.78, 5) is 0. The Bertz CT molecular complexity index is 145. The molecule has 2 N–H and O–H groups in total. The van der Waals surface area contributed by atoms with Crippen molar-refractivity contribution in [2.24, 2.45) is 17.6 Å². The number of rotatable bonds is 4. The number of hydrogen-bond acceptors (Lipinski definition) is 2. The molecule has 0 aromatic heterocycles. The molecular formula is C10H19NO. The van der Waals surface area contributed by atoms with Crippen LogP contribution in [0, 0.1) is 11.8 Å². The Morgan fingerprint density at radius 2 is 2.17 bits per heavy atom. The zero-order valence-electron chi connectivity index (χ0n) is 7.83. The number of hydrogen-bond donors (Lipinski definition) is 1. The van der Waals surface area contributed by atoms with Crippen molar-refractivity contribution in [3.8, 4) is 0 Å². The van der Waals surface area contributed by atoms with E-state index in [9.17, 15) is 0 Å². The highest BCUT2D eigenvalue weighted by Crippen LogP contribution is 2.24. The van der Waals surface area contributed by atoms with Crippen molar-refractivity contribution in [2.75, 3.05) is 19.8 Å². The molecule has 2 unspecified atom stereocenters. The molecule has 2 atom stereocenters. The van der Waals surface area contributed by atoms with Gasteiger partial charge in [-0.2, -0.15) is 0 Å². The average molecular weight is 169 g/mol. The SMILES string of the molecule is CC1CC=CCC1COCCN. The molecule has 0 bridgehead atoms. The second-order valence-corrected chi connectivity index (χ2v) is 3.54. The molecule has 1 rings (SSSR count). The third-order valence-corrected chi connectivity index (χ3v) is 2.51. The van der Waals surface area contributed by atoms with E-state index < -0.39 is 0 Å². The highest BCUT2D eigenvalue weighted by molar-refractivity contribution is 4.93. The van der Waals surface area contributed by atoms with Gasteiger partial charge in [0.15, 0.2) is 0 Å². The van der Waals surface area contributed by atoms with E-state index >= 15 is 0 Å². The maximum Gasteiger partial charge on any atom is 0.0588 e. The van der Waals surface area contributed by atoms with Crippen LogP contribution in [-0.2, 0) is 4.74 Å². The van der Waals surface area contributed by atoms with E-state index in [1.165, 1.54) is 12.8 Å². The van der Waals surface area contributed by atoms with Gasteiger partial charge in [0.05, 0.1) is 13.2 Å². The van der Waals surface area contributed by atoms with Gasteiger partial charge in [0.1, 0.15) is 0 Å². The molecule has 0 aromatic rings. The van der Waals surface area contributed by atoms with Crippen LogP contribution in [0.3, 0.4) is 0 Å². The molecule has 0 amide bonds. The maximum absolute atomic E-state index is 5.43. The van der Waals surface area contributed by atoms with Gasteiger partial charge < -0.3 is 10.5 Å². The molecule has 2 nitrogen and oxygen atoms in total. The van der Waals surface area contributed by atoms with E-state index in [1.54, 1.807) is 0 Å². The van der Waals surface area contributed by atoms with Gasteiger partial charge in [0, 0.05) is 6.54 Å². The van der Waals surface area contributed by atoms with E-state index in [4.69, 9.17) is 10.5 Å². The highest BCUT2D eigenvalue weighted by atomic mass is 16.5. The molecule has 0 fully saturated rings. The molecular weight excluding hydrogens is 150 g/mol. The standard InChI is InChI=1S/C10H19NO/c1-9-4-2-3-5-10(9)8-12-7-6-11/h2-3,9-10H,4-8,11H2,1H3. The molecule has 12 heavy (non-hydrogen) atoms. The van der Waals surface area contributed by atoms with E-state index in [-0.39, 0.29) is 0 Å². The minimum atomic E-state index is 0.636. The van der Waals surface area contributed by atoms with Crippen LogP contribution in [0.25, 0.3) is 0 Å². The van der Waals surface area contributed by atoms with Crippen molar-refractivity contribution in [3.63, 3.8) is 0 Å². The van der Waals surface area contributed by atoms with E-state index in [2.05, 4.69) is 19.1 Å². The fourth-order valence-electron chi connectivity index (χ4n) is 1.56. The zero-order chi connectivity index (χ0) is 8.81. The minimum absolute atomic E-state index is 0.636. The van der Waals surface area contributed by atoms with Gasteiger partial charge in [0.2, 0.25) is 0 Å². The highest BCUT2D eigenvalue weighted by Gasteiger charge is 2.17. The van der Waals surface area contributed by atoms with Crippen LogP contribution in [-0.4, -0.2) is 19.8 Å². The van der Waals surface area contributed by atoms with Gasteiger partial charge in [-0.1, -0.05) is 19.1 Å². The van der Waals surface area contributed by atoms with Gasteiger partial charge in [-0.3, -0.25) is 0 Å². The molecule has 1 aliphatic carbocycles. The van der Waals surface area contributed by atoms with Crippen molar-refractivity contribution < 1.29 is 4.74 Å². The molecule has 70 valence electrons. The summed E-state index contributed by atoms with van der Waals surface area (Å²) in [6.45, 7) is 4.51. The molecule has 0 aliphatic heterocycles. The summed E-state index contributed by atoms with van der Waals surface area (Å²) in [5.41, 5.74) is 5.34. The molecule has 0 spiro atoms. The van der Waals surface area contributed by atoms with Crippen LogP contribution in [0.4, 0.5) is 0 Å². The summed E-state index contributed by atoms with van der Waals surface area (Å²) in [5.74, 6) is 1.48. The lowest BCUT2D eigenvalue weighted by atomic mass is 9.85. The molecule has 0 saturated heterocycles. The molecule has 2 heteroatoms. The van der Waals surface area contributed by atoms with E-state index in [0.29, 0.717) is 19.1 Å². The summed E-state index contributed by atoms with van der Waals surface area (Å²) < 4.78 is 5.43. The van der Waals surface area contributed by atoms with Gasteiger partial charge in [-0.25, -0.2) is 0 Å². The summed E-state index contributed by atoms with van der Waals surface area (Å²) in [6, 6.07) is 0.